The second-order valence-electron chi connectivity index (χ2n) is 4.99. The highest BCUT2D eigenvalue weighted by Gasteiger charge is 2.28. The van der Waals surface area contributed by atoms with Crippen LogP contribution in [0.1, 0.15) is 23.7 Å². The predicted molar refractivity (Wildman–Crippen MR) is 75.5 cm³/mol. The second-order valence-corrected chi connectivity index (χ2v) is 4.99. The largest absolute Gasteiger partial charge is 0.478 e. The molecule has 0 aromatic heterocycles. The normalized spacial score (nSPS) is 13.9. The Morgan fingerprint density at radius 1 is 1.21 bits per heavy atom. The lowest BCUT2D eigenvalue weighted by Gasteiger charge is -2.20. The van der Waals surface area contributed by atoms with E-state index in [0.717, 1.165) is 12.2 Å². The highest BCUT2D eigenvalue weighted by Crippen LogP contribution is 2.21. The van der Waals surface area contributed by atoms with Gasteiger partial charge < -0.3 is 15.5 Å². The highest BCUT2D eigenvalue weighted by molar-refractivity contribution is 6.00. The number of nitrogens with one attached hydrogen (secondary N) is 1. The number of rotatable bonds is 8. The molecule has 0 aliphatic rings. The molecule has 0 amide bonds. The van der Waals surface area contributed by atoms with Crippen LogP contribution in [0.3, 0.4) is 0 Å². The Kier molecular flexibility index (Phi) is 7.05. The van der Waals surface area contributed by atoms with E-state index in [9.17, 15) is 27.2 Å². The van der Waals surface area contributed by atoms with Crippen molar-refractivity contribution in [1.29, 1.82) is 0 Å². The molecule has 0 saturated heterocycles. The van der Waals surface area contributed by atoms with Crippen molar-refractivity contribution in [2.75, 3.05) is 6.61 Å². The smallest absolute Gasteiger partial charge is 0.327 e. The average molecular weight is 349 g/mol. The molecule has 2 atom stereocenters. The summed E-state index contributed by atoms with van der Waals surface area (Å²) >= 11 is 0. The summed E-state index contributed by atoms with van der Waals surface area (Å²) in [7, 11) is 0. The number of aliphatic hydroxyl groups excluding tert-OH is 1. The van der Waals surface area contributed by atoms with Gasteiger partial charge in [-0.25, -0.2) is 22.4 Å². The Balaban J connectivity index is 3.17. The van der Waals surface area contributed by atoms with Gasteiger partial charge in [-0.15, -0.1) is 0 Å². The molecule has 0 bridgehead atoms. The molecular weight excluding hydrogens is 334 g/mol. The zero-order valence-corrected chi connectivity index (χ0v) is 12.5. The van der Waals surface area contributed by atoms with Gasteiger partial charge >= 0.3 is 5.97 Å². The number of hydrogen-bond acceptors (Lipinski definition) is 4. The lowest BCUT2D eigenvalue weighted by molar-refractivity contribution is -0.131. The van der Waals surface area contributed by atoms with Crippen LogP contribution in [0.25, 0.3) is 0 Å². The molecule has 0 spiro atoms. The number of ketones is 1. The molecule has 9 heteroatoms. The van der Waals surface area contributed by atoms with Crippen molar-refractivity contribution < 1.29 is 37.4 Å². The van der Waals surface area contributed by atoms with Crippen LogP contribution in [-0.4, -0.2) is 40.7 Å². The minimum absolute atomic E-state index is 0.231. The average Bonchev–Trinajstić information content (AvgIpc) is 2.54. The third kappa shape index (κ3) is 4.87. The van der Waals surface area contributed by atoms with Crippen molar-refractivity contribution in [2.45, 2.75) is 25.4 Å². The Morgan fingerprint density at radius 3 is 2.38 bits per heavy atom. The number of benzene rings is 1. The van der Waals surface area contributed by atoms with Crippen molar-refractivity contribution in [2.24, 2.45) is 0 Å². The van der Waals surface area contributed by atoms with E-state index in [0.29, 0.717) is 0 Å². The first kappa shape index (κ1) is 19.8. The topological polar surface area (TPSA) is 86.6 Å². The van der Waals surface area contributed by atoms with Gasteiger partial charge in [-0.05, 0) is 19.4 Å². The molecule has 0 saturated carbocycles. The molecule has 0 aliphatic heterocycles. The summed E-state index contributed by atoms with van der Waals surface area (Å²) in [6.45, 7) is 1.07. The molecule has 0 fully saturated rings. The van der Waals surface area contributed by atoms with Crippen molar-refractivity contribution in [3.63, 3.8) is 0 Å². The summed E-state index contributed by atoms with van der Waals surface area (Å²) < 4.78 is 53.2. The van der Waals surface area contributed by atoms with Crippen LogP contribution in [-0.2, 0) is 4.79 Å². The quantitative estimate of drug-likeness (QED) is 0.219. The van der Waals surface area contributed by atoms with Crippen LogP contribution in [0.15, 0.2) is 18.2 Å². The number of carbonyl (C=O) groups is 2. The molecule has 3 N–H and O–H groups in total. The Bertz CT molecular complexity index is 663. The number of hydrogen-bond donors (Lipinski definition) is 3. The number of aliphatic carboxylic acids is 1. The minimum Gasteiger partial charge on any atom is -0.478 e. The van der Waals surface area contributed by atoms with Gasteiger partial charge in [0.25, 0.3) is 0 Å². The van der Waals surface area contributed by atoms with Crippen LogP contribution in [0.2, 0.25) is 0 Å². The molecule has 0 aliphatic carbocycles. The fraction of sp³-hybridized carbons (Fsp3) is 0.333. The number of carbonyl (C=O) groups excluding carboxylic acids is 1. The van der Waals surface area contributed by atoms with Crippen molar-refractivity contribution in [1.82, 2.24) is 5.32 Å². The number of carboxylic acid groups (broad SMARTS) is 1. The van der Waals surface area contributed by atoms with Gasteiger partial charge in [0.05, 0.1) is 18.2 Å². The molecule has 24 heavy (non-hydrogen) atoms. The first-order chi connectivity index (χ1) is 11.2. The fourth-order valence-electron chi connectivity index (χ4n) is 1.89. The molecule has 0 heterocycles. The summed E-state index contributed by atoms with van der Waals surface area (Å²) in [6, 6.07) is -1.69. The molecule has 5 nitrogen and oxygen atoms in total. The molecule has 1 rings (SSSR count). The lowest BCUT2D eigenvalue weighted by Crippen LogP contribution is -2.43. The predicted octanol–water partition coefficient (Wildman–Crippen LogP) is 1.80. The maximum Gasteiger partial charge on any atom is 0.327 e. The summed E-state index contributed by atoms with van der Waals surface area (Å²) in [5, 5.41) is 20.1. The molecule has 1 aromatic rings. The van der Waals surface area contributed by atoms with Gasteiger partial charge in [-0.2, -0.15) is 0 Å². The number of carboxylic acids is 1. The van der Waals surface area contributed by atoms with E-state index in [1.807, 2.05) is 0 Å². The van der Waals surface area contributed by atoms with Gasteiger partial charge in [0.2, 0.25) is 0 Å². The lowest BCUT2D eigenvalue weighted by atomic mass is 9.99. The van der Waals surface area contributed by atoms with Gasteiger partial charge in [-0.3, -0.25) is 4.79 Å². The van der Waals surface area contributed by atoms with Crippen LogP contribution >= 0.6 is 0 Å². The van der Waals surface area contributed by atoms with E-state index in [2.05, 4.69) is 5.32 Å². The molecular formula is C15H15F4NO4. The molecule has 0 radical (unpaired) electrons. The number of aliphatic hydroxyl groups is 1. The van der Waals surface area contributed by atoms with E-state index >= 15 is 0 Å². The van der Waals surface area contributed by atoms with E-state index in [1.165, 1.54) is 6.92 Å². The zero-order valence-electron chi connectivity index (χ0n) is 12.5. The summed E-state index contributed by atoms with van der Waals surface area (Å²) in [6.07, 6.45) is 1.55. The number of halogens is 4. The van der Waals surface area contributed by atoms with Crippen molar-refractivity contribution >= 4 is 11.8 Å². The fourth-order valence-corrected chi connectivity index (χ4v) is 1.89. The molecule has 2 unspecified atom stereocenters. The van der Waals surface area contributed by atoms with Crippen LogP contribution in [0, 0.1) is 23.3 Å². The maximum absolute atomic E-state index is 13.7. The number of Topliss-reactive ketones (excluding diaryl/α,β-unsaturated/α-hetero) is 1. The summed E-state index contributed by atoms with van der Waals surface area (Å²) in [5.41, 5.74) is -1.02. The third-order valence-corrected chi connectivity index (χ3v) is 3.08. The summed E-state index contributed by atoms with van der Waals surface area (Å²) in [4.78, 5) is 22.7. The standard InChI is InChI=1S/C15H15F4NO4/c1-7(6-21)20-10(3-2-4-11(22)23)15(24)8-5-9(16)13(18)14(19)12(8)17/h2,4-5,7,10,20-21H,3,6H2,1H3,(H,22,23). The second kappa shape index (κ2) is 8.55. The van der Waals surface area contributed by atoms with Gasteiger partial charge in [0, 0.05) is 12.1 Å². The Hall–Kier alpha value is -2.26. The van der Waals surface area contributed by atoms with Gasteiger partial charge in [0.15, 0.2) is 29.1 Å². The van der Waals surface area contributed by atoms with Crippen molar-refractivity contribution in [3.05, 3.63) is 47.1 Å². The minimum atomic E-state index is -2.12. The monoisotopic (exact) mass is 349 g/mol. The van der Waals surface area contributed by atoms with Gasteiger partial charge in [-0.1, -0.05) is 6.08 Å². The Morgan fingerprint density at radius 2 is 1.83 bits per heavy atom. The van der Waals surface area contributed by atoms with Crippen molar-refractivity contribution in [3.8, 4) is 0 Å². The van der Waals surface area contributed by atoms with E-state index in [4.69, 9.17) is 10.2 Å². The Labute approximate surface area is 134 Å². The SMILES string of the molecule is CC(CO)NC(CC=CC(=O)O)C(=O)c1cc(F)c(F)c(F)c1F. The van der Waals surface area contributed by atoms with Gasteiger partial charge in [0.1, 0.15) is 0 Å². The first-order valence-corrected chi connectivity index (χ1v) is 6.82. The highest BCUT2D eigenvalue weighted by atomic mass is 19.2. The van der Waals surface area contributed by atoms with Crippen LogP contribution in [0.4, 0.5) is 17.6 Å². The molecule has 1 aromatic carbocycles. The van der Waals surface area contributed by atoms with E-state index in [1.54, 1.807) is 0 Å². The maximum atomic E-state index is 13.7. The summed E-state index contributed by atoms with van der Waals surface area (Å²) in [5.74, 6) is -10.1. The van der Waals surface area contributed by atoms with Crippen LogP contribution in [0.5, 0.6) is 0 Å². The van der Waals surface area contributed by atoms with E-state index < -0.39 is 59.3 Å². The van der Waals surface area contributed by atoms with E-state index in [-0.39, 0.29) is 12.5 Å². The van der Waals surface area contributed by atoms with Crippen LogP contribution < -0.4 is 5.32 Å². The first-order valence-electron chi connectivity index (χ1n) is 6.82. The third-order valence-electron chi connectivity index (χ3n) is 3.08. The zero-order chi connectivity index (χ0) is 18.4. The molecule has 132 valence electrons.